The molecule has 3 N–H and O–H groups in total. The zero-order chi connectivity index (χ0) is 9.80. The van der Waals surface area contributed by atoms with E-state index in [1.54, 1.807) is 0 Å². The van der Waals surface area contributed by atoms with Gasteiger partial charge in [-0.15, -0.1) is 0 Å². The maximum absolute atomic E-state index is 9.66. The van der Waals surface area contributed by atoms with Gasteiger partial charge in [-0.05, 0) is 38.1 Å². The molecule has 2 aliphatic rings. The molecule has 3 atom stereocenters. The minimum Gasteiger partial charge on any atom is -0.393 e. The highest BCUT2D eigenvalue weighted by Crippen LogP contribution is 2.24. The highest BCUT2D eigenvalue weighted by Gasteiger charge is 2.25. The third-order valence-corrected chi connectivity index (χ3v) is 3.58. The van der Waals surface area contributed by atoms with E-state index in [0.29, 0.717) is 12.0 Å². The van der Waals surface area contributed by atoms with Crippen molar-refractivity contribution in [3.63, 3.8) is 0 Å². The van der Waals surface area contributed by atoms with Gasteiger partial charge < -0.3 is 15.7 Å². The number of hydrogen-bond donors (Lipinski definition) is 3. The molecule has 0 amide bonds. The Morgan fingerprint density at radius 1 is 1.21 bits per heavy atom. The van der Waals surface area contributed by atoms with Crippen LogP contribution >= 0.6 is 0 Å². The van der Waals surface area contributed by atoms with Gasteiger partial charge in [0.25, 0.3) is 0 Å². The van der Waals surface area contributed by atoms with Gasteiger partial charge in [-0.2, -0.15) is 0 Å². The smallest absolute Gasteiger partial charge is 0.0580 e. The number of aliphatic hydroxyl groups is 1. The van der Waals surface area contributed by atoms with Crippen LogP contribution in [0.25, 0.3) is 0 Å². The van der Waals surface area contributed by atoms with Crippen LogP contribution in [0.2, 0.25) is 0 Å². The molecule has 82 valence electrons. The third-order valence-electron chi connectivity index (χ3n) is 3.58. The van der Waals surface area contributed by atoms with Gasteiger partial charge in [0.15, 0.2) is 0 Å². The second-order valence-electron chi connectivity index (χ2n) is 4.71. The molecule has 1 aliphatic heterocycles. The number of rotatable bonds is 3. The van der Waals surface area contributed by atoms with Crippen LogP contribution in [0.3, 0.4) is 0 Å². The zero-order valence-corrected chi connectivity index (χ0v) is 8.84. The molecule has 1 aliphatic carbocycles. The first-order chi connectivity index (χ1) is 6.86. The van der Waals surface area contributed by atoms with Gasteiger partial charge in [0, 0.05) is 19.1 Å². The van der Waals surface area contributed by atoms with Crippen molar-refractivity contribution in [1.29, 1.82) is 0 Å². The summed E-state index contributed by atoms with van der Waals surface area (Å²) in [5.74, 6) is 0.511. The molecular weight excluding hydrogens is 176 g/mol. The Morgan fingerprint density at radius 2 is 2.14 bits per heavy atom. The van der Waals surface area contributed by atoms with E-state index in [9.17, 15) is 5.11 Å². The average Bonchev–Trinajstić information content (AvgIpc) is 2.63. The molecular formula is C11H22N2O. The molecule has 3 heteroatoms. The lowest BCUT2D eigenvalue weighted by atomic mass is 10.0. The molecule has 1 saturated heterocycles. The van der Waals surface area contributed by atoms with Crippen LogP contribution in [0.4, 0.5) is 0 Å². The van der Waals surface area contributed by atoms with E-state index in [1.165, 1.54) is 32.2 Å². The van der Waals surface area contributed by atoms with Gasteiger partial charge in [-0.25, -0.2) is 0 Å². The van der Waals surface area contributed by atoms with Crippen LogP contribution in [-0.2, 0) is 0 Å². The molecule has 0 aromatic heterocycles. The topological polar surface area (TPSA) is 44.3 Å². The summed E-state index contributed by atoms with van der Waals surface area (Å²) in [6.45, 7) is 3.28. The second-order valence-corrected chi connectivity index (χ2v) is 4.71. The molecule has 0 radical (unpaired) electrons. The SMILES string of the molecule is OC1CCCC1CNC1CCCNC1. The molecule has 1 heterocycles. The maximum Gasteiger partial charge on any atom is 0.0580 e. The van der Waals surface area contributed by atoms with Crippen molar-refractivity contribution in [3.05, 3.63) is 0 Å². The highest BCUT2D eigenvalue weighted by atomic mass is 16.3. The molecule has 0 bridgehead atoms. The van der Waals surface area contributed by atoms with Gasteiger partial charge in [-0.3, -0.25) is 0 Å². The Balaban J connectivity index is 1.65. The minimum absolute atomic E-state index is 0.0425. The Hall–Kier alpha value is -0.120. The van der Waals surface area contributed by atoms with E-state index in [2.05, 4.69) is 10.6 Å². The summed E-state index contributed by atoms with van der Waals surface area (Å²) in [5.41, 5.74) is 0. The third kappa shape index (κ3) is 2.69. The van der Waals surface area contributed by atoms with E-state index < -0.39 is 0 Å². The van der Waals surface area contributed by atoms with Gasteiger partial charge in [0.1, 0.15) is 0 Å². The highest BCUT2D eigenvalue weighted by molar-refractivity contribution is 4.81. The molecule has 2 rings (SSSR count). The first-order valence-electron chi connectivity index (χ1n) is 5.98. The number of piperidine rings is 1. The van der Waals surface area contributed by atoms with Crippen LogP contribution in [0.15, 0.2) is 0 Å². The monoisotopic (exact) mass is 198 g/mol. The number of aliphatic hydroxyl groups excluding tert-OH is 1. The van der Waals surface area contributed by atoms with Crippen LogP contribution in [-0.4, -0.2) is 36.9 Å². The zero-order valence-electron chi connectivity index (χ0n) is 8.84. The van der Waals surface area contributed by atoms with Crippen molar-refractivity contribution in [2.75, 3.05) is 19.6 Å². The lowest BCUT2D eigenvalue weighted by molar-refractivity contribution is 0.129. The van der Waals surface area contributed by atoms with E-state index in [0.717, 1.165) is 19.5 Å². The predicted molar refractivity (Wildman–Crippen MR) is 57.2 cm³/mol. The van der Waals surface area contributed by atoms with Crippen LogP contribution in [0, 0.1) is 5.92 Å². The summed E-state index contributed by atoms with van der Waals surface area (Å²) in [5, 5.41) is 16.6. The fraction of sp³-hybridized carbons (Fsp3) is 1.00. The Bertz CT molecular complexity index is 169. The molecule has 14 heavy (non-hydrogen) atoms. The van der Waals surface area contributed by atoms with Crippen LogP contribution < -0.4 is 10.6 Å². The first kappa shape index (κ1) is 10.4. The number of hydrogen-bond acceptors (Lipinski definition) is 3. The van der Waals surface area contributed by atoms with E-state index in [4.69, 9.17) is 0 Å². The molecule has 0 aromatic rings. The molecule has 0 spiro atoms. The van der Waals surface area contributed by atoms with Crippen molar-refractivity contribution in [3.8, 4) is 0 Å². The largest absolute Gasteiger partial charge is 0.393 e. The molecule has 3 unspecified atom stereocenters. The lowest BCUT2D eigenvalue weighted by Gasteiger charge is -2.26. The van der Waals surface area contributed by atoms with E-state index in [-0.39, 0.29) is 6.10 Å². The average molecular weight is 198 g/mol. The van der Waals surface area contributed by atoms with Crippen LogP contribution in [0.1, 0.15) is 32.1 Å². The Labute approximate surface area is 86.3 Å². The fourth-order valence-corrected chi connectivity index (χ4v) is 2.60. The van der Waals surface area contributed by atoms with Gasteiger partial charge in [-0.1, -0.05) is 6.42 Å². The minimum atomic E-state index is -0.0425. The van der Waals surface area contributed by atoms with Crippen molar-refractivity contribution >= 4 is 0 Å². The van der Waals surface area contributed by atoms with Crippen molar-refractivity contribution in [2.45, 2.75) is 44.2 Å². The van der Waals surface area contributed by atoms with Gasteiger partial charge in [0.2, 0.25) is 0 Å². The van der Waals surface area contributed by atoms with Gasteiger partial charge in [0.05, 0.1) is 6.10 Å². The summed E-state index contributed by atoms with van der Waals surface area (Å²) in [6, 6.07) is 0.636. The Kier molecular flexibility index (Phi) is 3.79. The molecule has 2 fully saturated rings. The number of nitrogens with one attached hydrogen (secondary N) is 2. The van der Waals surface area contributed by atoms with Gasteiger partial charge >= 0.3 is 0 Å². The van der Waals surface area contributed by atoms with Crippen molar-refractivity contribution < 1.29 is 5.11 Å². The summed E-state index contributed by atoms with van der Waals surface area (Å²) >= 11 is 0. The lowest BCUT2D eigenvalue weighted by Crippen LogP contribution is -2.45. The predicted octanol–water partition coefficient (Wildman–Crippen LogP) is 0.489. The molecule has 3 nitrogen and oxygen atoms in total. The fourth-order valence-electron chi connectivity index (χ4n) is 2.60. The summed E-state index contributed by atoms with van der Waals surface area (Å²) in [4.78, 5) is 0. The summed E-state index contributed by atoms with van der Waals surface area (Å²) in [7, 11) is 0. The molecule has 0 aromatic carbocycles. The van der Waals surface area contributed by atoms with Crippen molar-refractivity contribution in [1.82, 2.24) is 10.6 Å². The normalized spacial score (nSPS) is 38.8. The quantitative estimate of drug-likeness (QED) is 0.618. The van der Waals surface area contributed by atoms with E-state index >= 15 is 0 Å². The second kappa shape index (κ2) is 5.10. The Morgan fingerprint density at radius 3 is 2.79 bits per heavy atom. The first-order valence-corrected chi connectivity index (χ1v) is 5.98. The maximum atomic E-state index is 9.66. The van der Waals surface area contributed by atoms with Crippen LogP contribution in [0.5, 0.6) is 0 Å². The van der Waals surface area contributed by atoms with Crippen molar-refractivity contribution in [2.24, 2.45) is 5.92 Å². The summed E-state index contributed by atoms with van der Waals surface area (Å²) in [6.07, 6.45) is 5.94. The summed E-state index contributed by atoms with van der Waals surface area (Å²) < 4.78 is 0. The standard InChI is InChI=1S/C11H22N2O/c14-11-5-1-3-9(11)7-13-10-4-2-6-12-8-10/h9-14H,1-8H2. The molecule has 1 saturated carbocycles. The van der Waals surface area contributed by atoms with E-state index in [1.807, 2.05) is 0 Å².